The Morgan fingerprint density at radius 3 is 2.89 bits per heavy atom. The summed E-state index contributed by atoms with van der Waals surface area (Å²) in [5, 5.41) is 8.14. The van der Waals surface area contributed by atoms with Crippen LogP contribution in [0.15, 0.2) is 0 Å². The summed E-state index contributed by atoms with van der Waals surface area (Å²) in [6, 6.07) is -0.117. The zero-order valence-electron chi connectivity index (χ0n) is 11.7. The number of urea groups is 1. The lowest BCUT2D eigenvalue weighted by Gasteiger charge is -2.31. The molecule has 110 valence electrons. The highest BCUT2D eigenvalue weighted by Gasteiger charge is 2.20. The predicted octanol–water partition coefficient (Wildman–Crippen LogP) is -0.858. The monoisotopic (exact) mass is 272 g/mol. The number of likely N-dealkylation sites (N-methyl/N-ethyl adjacent to an activating group) is 1. The van der Waals surface area contributed by atoms with E-state index in [2.05, 4.69) is 16.0 Å². The molecule has 1 rings (SSSR count). The lowest BCUT2D eigenvalue weighted by molar-refractivity contribution is -0.121. The number of hydrogen-bond acceptors (Lipinski definition) is 5. The molecule has 0 aromatic rings. The Labute approximate surface area is 114 Å². The summed E-state index contributed by atoms with van der Waals surface area (Å²) in [5.41, 5.74) is 0. The van der Waals surface area contributed by atoms with Crippen molar-refractivity contribution in [1.82, 2.24) is 20.9 Å². The van der Waals surface area contributed by atoms with Gasteiger partial charge in [-0.1, -0.05) is 0 Å². The van der Waals surface area contributed by atoms with Gasteiger partial charge in [0.05, 0.1) is 13.2 Å². The lowest BCUT2D eigenvalue weighted by Crippen LogP contribution is -2.49. The second-order valence-electron chi connectivity index (χ2n) is 4.71. The maximum atomic E-state index is 11.7. The van der Waals surface area contributed by atoms with Crippen LogP contribution in [0.3, 0.4) is 0 Å². The fourth-order valence-electron chi connectivity index (χ4n) is 2.04. The third kappa shape index (κ3) is 6.51. The predicted molar refractivity (Wildman–Crippen MR) is 71.9 cm³/mol. The molecule has 19 heavy (non-hydrogen) atoms. The van der Waals surface area contributed by atoms with E-state index in [-0.39, 0.29) is 12.5 Å². The highest BCUT2D eigenvalue weighted by Crippen LogP contribution is 2.07. The zero-order valence-corrected chi connectivity index (χ0v) is 11.7. The number of carbonyl (C=O) groups excluding carboxylic acids is 2. The molecule has 1 atom stereocenters. The SMILES string of the molecule is COCCNC(=O)NC(=O)CN(C)C1CCCNC1. The van der Waals surface area contributed by atoms with Gasteiger partial charge in [0.2, 0.25) is 5.91 Å². The van der Waals surface area contributed by atoms with Crippen LogP contribution in [0.1, 0.15) is 12.8 Å². The van der Waals surface area contributed by atoms with Crippen molar-refractivity contribution in [3.63, 3.8) is 0 Å². The number of imide groups is 1. The molecule has 1 saturated heterocycles. The topological polar surface area (TPSA) is 82.7 Å². The fraction of sp³-hybridized carbons (Fsp3) is 0.833. The summed E-state index contributed by atoms with van der Waals surface area (Å²) >= 11 is 0. The van der Waals surface area contributed by atoms with Crippen molar-refractivity contribution in [3.05, 3.63) is 0 Å². The van der Waals surface area contributed by atoms with Crippen LogP contribution in [0.2, 0.25) is 0 Å². The molecule has 0 bridgehead atoms. The van der Waals surface area contributed by atoms with Crippen molar-refractivity contribution in [2.24, 2.45) is 0 Å². The van der Waals surface area contributed by atoms with Gasteiger partial charge in [-0.05, 0) is 26.4 Å². The lowest BCUT2D eigenvalue weighted by atomic mass is 10.1. The molecule has 1 aliphatic heterocycles. The number of nitrogens with zero attached hydrogens (tertiary/aromatic N) is 1. The average molecular weight is 272 g/mol. The number of nitrogens with one attached hydrogen (secondary N) is 3. The minimum Gasteiger partial charge on any atom is -0.383 e. The second kappa shape index (κ2) is 8.84. The van der Waals surface area contributed by atoms with Crippen LogP contribution in [0.25, 0.3) is 0 Å². The van der Waals surface area contributed by atoms with Crippen LogP contribution in [-0.4, -0.2) is 69.8 Å². The van der Waals surface area contributed by atoms with E-state index in [9.17, 15) is 9.59 Å². The first-order valence-electron chi connectivity index (χ1n) is 6.61. The summed E-state index contributed by atoms with van der Waals surface area (Å²) in [6.07, 6.45) is 2.20. The van der Waals surface area contributed by atoms with Gasteiger partial charge >= 0.3 is 6.03 Å². The maximum absolute atomic E-state index is 11.7. The molecule has 1 heterocycles. The summed E-state index contributed by atoms with van der Waals surface area (Å²) < 4.78 is 4.80. The van der Waals surface area contributed by atoms with Crippen LogP contribution in [0.5, 0.6) is 0 Å². The van der Waals surface area contributed by atoms with E-state index in [1.165, 1.54) is 0 Å². The number of amides is 3. The van der Waals surface area contributed by atoms with Crippen molar-refractivity contribution in [2.75, 3.05) is 46.9 Å². The van der Waals surface area contributed by atoms with Gasteiger partial charge in [0.25, 0.3) is 0 Å². The minimum absolute atomic E-state index is 0.226. The summed E-state index contributed by atoms with van der Waals surface area (Å²) in [5.74, 6) is -0.289. The Balaban J connectivity index is 2.20. The van der Waals surface area contributed by atoms with Crippen molar-refractivity contribution in [2.45, 2.75) is 18.9 Å². The van der Waals surface area contributed by atoms with Crippen LogP contribution in [0, 0.1) is 0 Å². The number of piperidine rings is 1. The van der Waals surface area contributed by atoms with Gasteiger partial charge in [0.1, 0.15) is 0 Å². The highest BCUT2D eigenvalue weighted by atomic mass is 16.5. The molecule has 3 amide bonds. The molecular formula is C12H24N4O3. The molecule has 0 spiro atoms. The Bertz CT molecular complexity index is 293. The van der Waals surface area contributed by atoms with E-state index < -0.39 is 6.03 Å². The minimum atomic E-state index is -0.475. The zero-order chi connectivity index (χ0) is 14.1. The van der Waals surface area contributed by atoms with Crippen molar-refractivity contribution < 1.29 is 14.3 Å². The number of hydrogen-bond donors (Lipinski definition) is 3. The molecule has 1 aliphatic rings. The van der Waals surface area contributed by atoms with E-state index in [0.717, 1.165) is 25.9 Å². The van der Waals surface area contributed by atoms with Gasteiger partial charge in [-0.2, -0.15) is 0 Å². The molecule has 0 radical (unpaired) electrons. The largest absolute Gasteiger partial charge is 0.383 e. The Morgan fingerprint density at radius 2 is 2.26 bits per heavy atom. The Morgan fingerprint density at radius 1 is 1.47 bits per heavy atom. The quantitative estimate of drug-likeness (QED) is 0.548. The molecule has 0 aliphatic carbocycles. The van der Waals surface area contributed by atoms with Gasteiger partial charge in [0, 0.05) is 26.2 Å². The Kier molecular flexibility index (Phi) is 7.39. The first-order valence-corrected chi connectivity index (χ1v) is 6.61. The standard InChI is InChI=1S/C12H24N4O3/c1-16(10-4-3-5-13-8-10)9-11(17)15-12(18)14-6-7-19-2/h10,13H,3-9H2,1-2H3,(H2,14,15,17,18). The van der Waals surface area contributed by atoms with Crippen molar-refractivity contribution in [1.29, 1.82) is 0 Å². The highest BCUT2D eigenvalue weighted by molar-refractivity contribution is 5.95. The van der Waals surface area contributed by atoms with E-state index in [1.807, 2.05) is 11.9 Å². The summed E-state index contributed by atoms with van der Waals surface area (Å²) in [4.78, 5) is 25.0. The van der Waals surface area contributed by atoms with E-state index in [4.69, 9.17) is 4.74 Å². The van der Waals surface area contributed by atoms with E-state index >= 15 is 0 Å². The van der Waals surface area contributed by atoms with Gasteiger partial charge in [-0.25, -0.2) is 4.79 Å². The second-order valence-corrected chi connectivity index (χ2v) is 4.71. The fourth-order valence-corrected chi connectivity index (χ4v) is 2.04. The van der Waals surface area contributed by atoms with Crippen LogP contribution in [0.4, 0.5) is 4.79 Å². The number of carbonyl (C=O) groups is 2. The molecule has 0 saturated carbocycles. The molecule has 0 aromatic heterocycles. The van der Waals surface area contributed by atoms with Crippen LogP contribution >= 0.6 is 0 Å². The van der Waals surface area contributed by atoms with E-state index in [1.54, 1.807) is 7.11 Å². The number of rotatable bonds is 6. The third-order valence-electron chi connectivity index (χ3n) is 3.13. The average Bonchev–Trinajstić information content (AvgIpc) is 2.39. The molecule has 7 heteroatoms. The van der Waals surface area contributed by atoms with Gasteiger partial charge < -0.3 is 15.4 Å². The number of methoxy groups -OCH3 is 1. The molecule has 3 N–H and O–H groups in total. The summed E-state index contributed by atoms with van der Waals surface area (Å²) in [7, 11) is 3.46. The maximum Gasteiger partial charge on any atom is 0.321 e. The smallest absolute Gasteiger partial charge is 0.321 e. The molecule has 1 fully saturated rings. The first-order chi connectivity index (χ1) is 9.13. The van der Waals surface area contributed by atoms with Crippen molar-refractivity contribution >= 4 is 11.9 Å². The van der Waals surface area contributed by atoms with Gasteiger partial charge in [-0.15, -0.1) is 0 Å². The molecule has 1 unspecified atom stereocenters. The summed E-state index contributed by atoms with van der Waals surface area (Å²) in [6.45, 7) is 2.97. The first kappa shape index (κ1) is 15.9. The Hall–Kier alpha value is -1.18. The third-order valence-corrected chi connectivity index (χ3v) is 3.13. The molecule has 0 aromatic carbocycles. The van der Waals surface area contributed by atoms with Crippen molar-refractivity contribution in [3.8, 4) is 0 Å². The van der Waals surface area contributed by atoms with E-state index in [0.29, 0.717) is 19.2 Å². The van der Waals surface area contributed by atoms with Crippen LogP contribution < -0.4 is 16.0 Å². The molecule has 7 nitrogen and oxygen atoms in total. The van der Waals surface area contributed by atoms with Gasteiger partial charge in [0.15, 0.2) is 0 Å². The van der Waals surface area contributed by atoms with Gasteiger partial charge in [-0.3, -0.25) is 15.0 Å². The van der Waals surface area contributed by atoms with Crippen LogP contribution in [-0.2, 0) is 9.53 Å². The normalized spacial score (nSPS) is 19.2. The molecular weight excluding hydrogens is 248 g/mol. The number of ether oxygens (including phenoxy) is 1.